The van der Waals surface area contributed by atoms with Crippen LogP contribution in [-0.2, 0) is 0 Å². The number of aromatic nitrogens is 8. The summed E-state index contributed by atoms with van der Waals surface area (Å²) in [6, 6.07) is 28.7. The highest BCUT2D eigenvalue weighted by molar-refractivity contribution is 6.54. The molecule has 2 aliphatic heterocycles. The van der Waals surface area contributed by atoms with E-state index in [1.54, 1.807) is 0 Å². The zero-order valence-electron chi connectivity index (χ0n) is 22.8. The SMILES string of the molecule is [SiH3]c1ccc2c3nc4nc(nc5[nH]c(nc6nc(nc([nH]3)c2c1[SiH3])-c1ccccc1-6)c1ccccc51)-c1ccccc1-4. The molecule has 0 amide bonds. The molecular formula is C32H22N8Si2. The molecule has 198 valence electrons. The number of rotatable bonds is 0. The van der Waals surface area contributed by atoms with Gasteiger partial charge in [-0.2, -0.15) is 0 Å². The molecule has 0 unspecified atom stereocenters. The van der Waals surface area contributed by atoms with Crippen LogP contribution in [0.2, 0.25) is 0 Å². The number of benzene rings is 4. The van der Waals surface area contributed by atoms with Crippen LogP contribution in [-0.4, -0.2) is 60.4 Å². The molecule has 7 aromatic rings. The summed E-state index contributed by atoms with van der Waals surface area (Å²) in [5.41, 5.74) is 6.67. The van der Waals surface area contributed by atoms with Gasteiger partial charge in [-0.15, -0.1) is 0 Å². The van der Waals surface area contributed by atoms with Crippen LogP contribution in [0.15, 0.2) is 84.9 Å². The number of hydrogen-bond donors (Lipinski definition) is 2. The van der Waals surface area contributed by atoms with Crippen molar-refractivity contribution in [2.24, 2.45) is 0 Å². The van der Waals surface area contributed by atoms with Gasteiger partial charge < -0.3 is 9.97 Å². The highest BCUT2D eigenvalue weighted by Gasteiger charge is 2.22. The third-order valence-electron chi connectivity index (χ3n) is 8.25. The zero-order chi connectivity index (χ0) is 27.9. The van der Waals surface area contributed by atoms with Crippen LogP contribution >= 0.6 is 0 Å². The molecule has 3 aromatic heterocycles. The Bertz CT molecular complexity index is 2460. The van der Waals surface area contributed by atoms with Gasteiger partial charge in [-0.1, -0.05) is 95.3 Å². The van der Waals surface area contributed by atoms with E-state index in [0.717, 1.165) is 75.6 Å². The molecule has 8 nitrogen and oxygen atoms in total. The first-order chi connectivity index (χ1) is 20.6. The van der Waals surface area contributed by atoms with Gasteiger partial charge in [-0.05, 0) is 0 Å². The summed E-state index contributed by atoms with van der Waals surface area (Å²) >= 11 is 0. The fourth-order valence-corrected chi connectivity index (χ4v) is 7.09. The maximum atomic E-state index is 5.15. The van der Waals surface area contributed by atoms with Crippen LogP contribution in [0, 0.1) is 0 Å². The molecule has 8 bridgehead atoms. The predicted octanol–water partition coefficient (Wildman–Crippen LogP) is 2.85. The molecule has 0 aliphatic carbocycles. The summed E-state index contributed by atoms with van der Waals surface area (Å²) in [4.78, 5) is 37.3. The van der Waals surface area contributed by atoms with Gasteiger partial charge >= 0.3 is 0 Å². The van der Waals surface area contributed by atoms with Gasteiger partial charge in [0.25, 0.3) is 0 Å². The summed E-state index contributed by atoms with van der Waals surface area (Å²) in [5, 5.41) is 6.80. The first-order valence-electron chi connectivity index (χ1n) is 13.8. The van der Waals surface area contributed by atoms with Crippen LogP contribution in [0.4, 0.5) is 0 Å². The number of fused-ring (bicyclic) bond motifs is 20. The largest absolute Gasteiger partial charge is 0.324 e. The lowest BCUT2D eigenvalue weighted by Crippen LogP contribution is -2.25. The third-order valence-corrected chi connectivity index (χ3v) is 11.6. The minimum atomic E-state index is 0.611. The van der Waals surface area contributed by atoms with E-state index in [1.807, 2.05) is 60.7 Å². The quantitative estimate of drug-likeness (QED) is 0.270. The summed E-state index contributed by atoms with van der Waals surface area (Å²) < 4.78 is 0. The fourth-order valence-electron chi connectivity index (χ4n) is 6.00. The average Bonchev–Trinajstić information content (AvgIpc) is 3.74. The minimum absolute atomic E-state index is 0.611. The van der Waals surface area contributed by atoms with E-state index in [2.05, 4.69) is 34.2 Å². The van der Waals surface area contributed by atoms with Crippen molar-refractivity contribution in [1.82, 2.24) is 39.9 Å². The van der Waals surface area contributed by atoms with Crippen molar-refractivity contribution in [2.75, 3.05) is 0 Å². The molecule has 5 heterocycles. The Balaban J connectivity index is 1.52. The van der Waals surface area contributed by atoms with Crippen molar-refractivity contribution in [3.05, 3.63) is 84.9 Å². The Morgan fingerprint density at radius 2 is 0.810 bits per heavy atom. The zero-order valence-corrected chi connectivity index (χ0v) is 26.8. The predicted molar refractivity (Wildman–Crippen MR) is 175 cm³/mol. The Morgan fingerprint density at radius 3 is 1.31 bits per heavy atom. The van der Waals surface area contributed by atoms with E-state index in [9.17, 15) is 0 Å². The highest BCUT2D eigenvalue weighted by atomic mass is 28.2. The molecule has 0 saturated heterocycles. The van der Waals surface area contributed by atoms with E-state index in [4.69, 9.17) is 29.9 Å². The van der Waals surface area contributed by atoms with E-state index in [-0.39, 0.29) is 0 Å². The molecule has 4 aromatic carbocycles. The van der Waals surface area contributed by atoms with Gasteiger partial charge in [0, 0.05) is 64.3 Å². The number of nitrogens with one attached hydrogen (secondary N) is 2. The first kappa shape index (κ1) is 23.4. The van der Waals surface area contributed by atoms with Crippen molar-refractivity contribution in [3.63, 3.8) is 0 Å². The van der Waals surface area contributed by atoms with Crippen molar-refractivity contribution in [1.29, 1.82) is 0 Å². The second-order valence-corrected chi connectivity index (χ2v) is 12.8. The van der Waals surface area contributed by atoms with Gasteiger partial charge in [-0.3, -0.25) is 0 Å². The first-order valence-corrected chi connectivity index (χ1v) is 15.8. The maximum absolute atomic E-state index is 5.15. The summed E-state index contributed by atoms with van der Waals surface area (Å²) in [5.74, 6) is 2.48. The number of aromatic amines is 2. The van der Waals surface area contributed by atoms with Crippen molar-refractivity contribution in [2.45, 2.75) is 0 Å². The molecule has 0 saturated carbocycles. The van der Waals surface area contributed by atoms with Gasteiger partial charge in [0.1, 0.15) is 22.6 Å². The van der Waals surface area contributed by atoms with E-state index < -0.39 is 0 Å². The molecule has 0 spiro atoms. The Kier molecular flexibility index (Phi) is 4.78. The van der Waals surface area contributed by atoms with Gasteiger partial charge in [-0.25, -0.2) is 29.9 Å². The molecule has 9 rings (SSSR count). The third kappa shape index (κ3) is 3.33. The molecule has 2 aliphatic rings. The number of H-pyrrole nitrogens is 2. The molecule has 10 heteroatoms. The van der Waals surface area contributed by atoms with Crippen LogP contribution in [0.1, 0.15) is 0 Å². The fraction of sp³-hybridized carbons (Fsp3) is 0. The number of hydrogen-bond acceptors (Lipinski definition) is 6. The molecular weight excluding hydrogens is 553 g/mol. The smallest absolute Gasteiger partial charge is 0.164 e. The van der Waals surface area contributed by atoms with Crippen molar-refractivity contribution < 1.29 is 0 Å². The lowest BCUT2D eigenvalue weighted by molar-refractivity contribution is 1.19. The molecule has 0 atom stereocenters. The Hall–Kier alpha value is -5.33. The molecule has 42 heavy (non-hydrogen) atoms. The monoisotopic (exact) mass is 574 g/mol. The Labute approximate surface area is 244 Å². The van der Waals surface area contributed by atoms with Crippen molar-refractivity contribution >= 4 is 75.0 Å². The van der Waals surface area contributed by atoms with E-state index in [1.165, 1.54) is 10.4 Å². The maximum Gasteiger partial charge on any atom is 0.164 e. The van der Waals surface area contributed by atoms with Crippen LogP contribution in [0.5, 0.6) is 0 Å². The molecule has 0 radical (unpaired) electrons. The van der Waals surface area contributed by atoms with E-state index >= 15 is 0 Å². The van der Waals surface area contributed by atoms with Crippen LogP contribution < -0.4 is 10.4 Å². The number of nitrogens with zero attached hydrogens (tertiary/aromatic N) is 6. The normalized spacial score (nSPS) is 12.2. The van der Waals surface area contributed by atoms with Gasteiger partial charge in [0.15, 0.2) is 23.3 Å². The average molecular weight is 575 g/mol. The lowest BCUT2D eigenvalue weighted by atomic mass is 10.1. The second-order valence-electron chi connectivity index (χ2n) is 10.7. The van der Waals surface area contributed by atoms with Crippen LogP contribution in [0.3, 0.4) is 0 Å². The lowest BCUT2D eigenvalue weighted by Gasteiger charge is -2.01. The van der Waals surface area contributed by atoms with Crippen LogP contribution in [0.25, 0.3) is 89.7 Å². The standard InChI is InChI=1S/C32H22N8Si2/c41-22-14-13-21-23(24(22)42)32-39-30-20-12-6-5-11-19(20)28(37-30)35-26-16-8-2-1-7-15(16)25(33-26)34-27-17-9-3-4-10-18(17)29(36-27)38-31(21)40-32/h1-14H,41-42H3,(H2,33,34,35,36,37,38,39,40). The second kappa shape index (κ2) is 8.59. The van der Waals surface area contributed by atoms with Gasteiger partial charge in [0.2, 0.25) is 0 Å². The summed E-state index contributed by atoms with van der Waals surface area (Å²) in [7, 11) is 1.86. The van der Waals surface area contributed by atoms with Crippen molar-refractivity contribution in [3.8, 4) is 45.6 Å². The Morgan fingerprint density at radius 1 is 0.405 bits per heavy atom. The molecule has 0 fully saturated rings. The minimum Gasteiger partial charge on any atom is -0.324 e. The van der Waals surface area contributed by atoms with E-state index in [0.29, 0.717) is 34.6 Å². The highest BCUT2D eigenvalue weighted by Crippen LogP contribution is 2.36. The summed E-state index contributed by atoms with van der Waals surface area (Å²) in [6.07, 6.45) is 0. The van der Waals surface area contributed by atoms with Gasteiger partial charge in [0.05, 0.1) is 0 Å². The topological polar surface area (TPSA) is 109 Å². The molecule has 2 N–H and O–H groups in total. The summed E-state index contributed by atoms with van der Waals surface area (Å²) in [6.45, 7) is 0.